The predicted octanol–water partition coefficient (Wildman–Crippen LogP) is 3.18. The third kappa shape index (κ3) is 4.93. The molecule has 0 saturated carbocycles. The van der Waals surface area contributed by atoms with Crippen molar-refractivity contribution >= 4 is 0 Å². The van der Waals surface area contributed by atoms with Gasteiger partial charge in [-0.05, 0) is 20.8 Å². The molecule has 9 heteroatoms. The molecule has 0 bridgehead atoms. The summed E-state index contributed by atoms with van der Waals surface area (Å²) in [7, 11) is 0. The Kier molecular flexibility index (Phi) is 6.31. The van der Waals surface area contributed by atoms with Crippen molar-refractivity contribution in [2.75, 3.05) is 0 Å². The molecule has 0 spiro atoms. The first kappa shape index (κ1) is 20.8. The molecule has 1 unspecified atom stereocenters. The number of aryl methyl sites for hydroxylation is 2. The lowest BCUT2D eigenvalue weighted by Crippen LogP contribution is -2.08. The minimum Gasteiger partial charge on any atom is -0.287 e. The van der Waals surface area contributed by atoms with E-state index < -0.39 is 6.30 Å². The Morgan fingerprint density at radius 1 is 0.900 bits per heavy atom. The molecule has 0 aliphatic rings. The Bertz CT molecular complexity index is 1240. The van der Waals surface area contributed by atoms with E-state index in [1.54, 1.807) is 13.0 Å². The number of nitrogens with one attached hydrogen (secondary N) is 2. The van der Waals surface area contributed by atoms with Crippen LogP contribution in [0.4, 0.5) is 4.39 Å². The molecule has 0 saturated heterocycles. The van der Waals surface area contributed by atoms with Gasteiger partial charge in [-0.3, -0.25) is 19.8 Å². The number of benzene rings is 1. The normalized spacial score (nSPS) is 11.5. The third-order valence-electron chi connectivity index (χ3n) is 4.14. The number of halogens is 1. The lowest BCUT2D eigenvalue weighted by molar-refractivity contribution is 0.245. The van der Waals surface area contributed by atoms with Gasteiger partial charge >= 0.3 is 0 Å². The van der Waals surface area contributed by atoms with E-state index in [9.17, 15) is 14.0 Å². The Morgan fingerprint density at radius 2 is 1.43 bits per heavy atom. The molecule has 0 aliphatic heterocycles. The first-order valence-electron chi connectivity index (χ1n) is 9.22. The van der Waals surface area contributed by atoms with Crippen LogP contribution < -0.4 is 10.9 Å². The van der Waals surface area contributed by atoms with Crippen LogP contribution in [0.1, 0.15) is 24.6 Å². The van der Waals surface area contributed by atoms with Gasteiger partial charge in [-0.15, -0.1) is 0 Å². The number of alkyl halides is 1. The van der Waals surface area contributed by atoms with Crippen LogP contribution in [0.5, 0.6) is 0 Å². The van der Waals surface area contributed by atoms with Crippen molar-refractivity contribution in [3.8, 4) is 22.5 Å². The summed E-state index contributed by atoms with van der Waals surface area (Å²) in [6, 6.07) is 12.4. The zero-order valence-electron chi connectivity index (χ0n) is 16.8. The number of nitrogens with zero attached hydrogens (tertiary/aromatic N) is 4. The van der Waals surface area contributed by atoms with E-state index in [0.717, 1.165) is 15.9 Å². The topological polar surface area (TPSA) is 109 Å². The highest BCUT2D eigenvalue weighted by atomic mass is 19.1. The van der Waals surface area contributed by atoms with Crippen LogP contribution in [0.2, 0.25) is 0 Å². The summed E-state index contributed by atoms with van der Waals surface area (Å²) in [4.78, 5) is 23.2. The van der Waals surface area contributed by atoms with Gasteiger partial charge in [0.25, 0.3) is 0 Å². The van der Waals surface area contributed by atoms with Crippen LogP contribution in [0.3, 0.4) is 0 Å². The molecular formula is C21H21FN6O2. The zero-order valence-corrected chi connectivity index (χ0v) is 16.8. The molecule has 30 heavy (non-hydrogen) atoms. The van der Waals surface area contributed by atoms with Gasteiger partial charge in [0.15, 0.2) is 6.30 Å². The largest absolute Gasteiger partial charge is 0.287 e. The molecule has 1 atom stereocenters. The average Bonchev–Trinajstić information content (AvgIpc) is 3.19. The second kappa shape index (κ2) is 9.08. The van der Waals surface area contributed by atoms with Crippen molar-refractivity contribution in [3.05, 3.63) is 86.7 Å². The summed E-state index contributed by atoms with van der Waals surface area (Å²) >= 11 is 0. The molecule has 0 fully saturated rings. The fourth-order valence-corrected chi connectivity index (χ4v) is 2.66. The summed E-state index contributed by atoms with van der Waals surface area (Å²) in [5.74, 6) is 0. The Balaban J connectivity index is 0.000000172. The van der Waals surface area contributed by atoms with Gasteiger partial charge in [-0.25, -0.2) is 9.07 Å². The SMILES string of the molecule is Cc1cc(=O)c(-c2ccccc2)n[nH]1.Cc1cc(=O)c(-c2cnn(C(C)F)c2)n[nH]1. The summed E-state index contributed by atoms with van der Waals surface area (Å²) in [5, 5.41) is 17.2. The molecule has 1 aromatic carbocycles. The molecule has 4 rings (SSSR count). The van der Waals surface area contributed by atoms with E-state index in [1.807, 2.05) is 37.3 Å². The van der Waals surface area contributed by atoms with E-state index >= 15 is 0 Å². The maximum absolute atomic E-state index is 12.9. The first-order valence-corrected chi connectivity index (χ1v) is 9.22. The molecule has 3 heterocycles. The predicted molar refractivity (Wildman–Crippen MR) is 112 cm³/mol. The van der Waals surface area contributed by atoms with Crippen LogP contribution >= 0.6 is 0 Å². The molecule has 8 nitrogen and oxygen atoms in total. The summed E-state index contributed by atoms with van der Waals surface area (Å²) in [6.07, 6.45) is 1.65. The average molecular weight is 408 g/mol. The van der Waals surface area contributed by atoms with Crippen LogP contribution in [-0.2, 0) is 0 Å². The quantitative estimate of drug-likeness (QED) is 0.541. The molecule has 0 amide bonds. The summed E-state index contributed by atoms with van der Waals surface area (Å²) < 4.78 is 14.1. The molecule has 2 N–H and O–H groups in total. The lowest BCUT2D eigenvalue weighted by atomic mass is 10.1. The maximum atomic E-state index is 12.9. The Labute approximate surface area is 171 Å². The zero-order chi connectivity index (χ0) is 21.7. The minimum atomic E-state index is -1.22. The minimum absolute atomic E-state index is 0.0487. The highest BCUT2D eigenvalue weighted by Gasteiger charge is 2.10. The molecule has 154 valence electrons. The van der Waals surface area contributed by atoms with Gasteiger partial charge in [0.1, 0.15) is 11.4 Å². The van der Waals surface area contributed by atoms with E-state index in [-0.39, 0.29) is 16.6 Å². The fraction of sp³-hybridized carbons (Fsp3) is 0.190. The van der Waals surface area contributed by atoms with Crippen molar-refractivity contribution in [2.45, 2.75) is 27.1 Å². The van der Waals surface area contributed by atoms with Crippen LogP contribution in [0, 0.1) is 13.8 Å². The van der Waals surface area contributed by atoms with E-state index in [4.69, 9.17) is 0 Å². The van der Waals surface area contributed by atoms with Crippen molar-refractivity contribution < 1.29 is 4.39 Å². The number of rotatable bonds is 3. The number of hydrogen-bond acceptors (Lipinski definition) is 5. The smallest absolute Gasteiger partial charge is 0.208 e. The van der Waals surface area contributed by atoms with Crippen molar-refractivity contribution in [1.82, 2.24) is 30.2 Å². The van der Waals surface area contributed by atoms with Gasteiger partial charge < -0.3 is 0 Å². The summed E-state index contributed by atoms with van der Waals surface area (Å²) in [6.45, 7) is 4.91. The second-order valence-electron chi connectivity index (χ2n) is 6.68. The van der Waals surface area contributed by atoms with Crippen LogP contribution in [0.25, 0.3) is 22.5 Å². The molecule has 0 aliphatic carbocycles. The summed E-state index contributed by atoms with van der Waals surface area (Å²) in [5.41, 5.74) is 3.26. The van der Waals surface area contributed by atoms with Crippen molar-refractivity contribution in [3.63, 3.8) is 0 Å². The number of aromatic nitrogens is 6. The van der Waals surface area contributed by atoms with Crippen LogP contribution in [-0.4, -0.2) is 30.2 Å². The highest BCUT2D eigenvalue weighted by molar-refractivity contribution is 5.58. The van der Waals surface area contributed by atoms with Gasteiger partial charge in [0.2, 0.25) is 10.9 Å². The molecule has 4 aromatic rings. The first-order chi connectivity index (χ1) is 14.3. The van der Waals surface area contributed by atoms with Gasteiger partial charge in [0, 0.05) is 40.8 Å². The fourth-order valence-electron chi connectivity index (χ4n) is 2.66. The van der Waals surface area contributed by atoms with Gasteiger partial charge in [-0.1, -0.05) is 30.3 Å². The molecular weight excluding hydrogens is 387 g/mol. The third-order valence-corrected chi connectivity index (χ3v) is 4.14. The van der Waals surface area contributed by atoms with Crippen molar-refractivity contribution in [1.29, 1.82) is 0 Å². The Morgan fingerprint density at radius 3 is 1.90 bits per heavy atom. The standard InChI is InChI=1S/C11H10N2O.C10H11FN4O/c1-8-7-10(14)11(13-12-8)9-5-3-2-4-6-9;1-6-3-9(16)10(14-13-6)8-4-12-15(5-8)7(2)11/h2-7H,1H3,(H,12,14);3-5,7H,1-2H3,(H,13,16). The van der Waals surface area contributed by atoms with Gasteiger partial charge in [-0.2, -0.15) is 15.3 Å². The molecule has 0 radical (unpaired) electrons. The Hall–Kier alpha value is -3.88. The number of H-pyrrole nitrogens is 2. The van der Waals surface area contributed by atoms with Gasteiger partial charge in [0.05, 0.1) is 6.20 Å². The monoisotopic (exact) mass is 408 g/mol. The van der Waals surface area contributed by atoms with E-state index in [0.29, 0.717) is 17.0 Å². The number of hydrogen-bond donors (Lipinski definition) is 2. The van der Waals surface area contributed by atoms with Crippen molar-refractivity contribution in [2.24, 2.45) is 0 Å². The second-order valence-corrected chi connectivity index (χ2v) is 6.68. The molecule has 3 aromatic heterocycles. The number of aromatic amines is 2. The van der Waals surface area contributed by atoms with Crippen LogP contribution in [0.15, 0.2) is 64.4 Å². The maximum Gasteiger partial charge on any atom is 0.208 e. The van der Waals surface area contributed by atoms with E-state index in [2.05, 4.69) is 25.5 Å². The van der Waals surface area contributed by atoms with E-state index in [1.165, 1.54) is 25.4 Å². The highest BCUT2D eigenvalue weighted by Crippen LogP contribution is 2.14. The lowest BCUT2D eigenvalue weighted by Gasteiger charge is -1.99.